The van der Waals surface area contributed by atoms with Crippen molar-refractivity contribution in [2.24, 2.45) is 0 Å². The van der Waals surface area contributed by atoms with Gasteiger partial charge < -0.3 is 15.2 Å². The first-order valence-electron chi connectivity index (χ1n) is 6.26. The molecule has 2 atom stereocenters. The quantitative estimate of drug-likeness (QED) is 0.842. The van der Waals surface area contributed by atoms with Gasteiger partial charge in [0.15, 0.2) is 9.84 Å². The Morgan fingerprint density at radius 3 is 2.63 bits per heavy atom. The number of rotatable bonds is 4. The first kappa shape index (κ1) is 14.5. The molecule has 1 aromatic rings. The SMILES string of the molecule is CS(=O)(=O)c1ccc(C(O)CC2COCCN2)cc1. The van der Waals surface area contributed by atoms with Crippen LogP contribution in [0.4, 0.5) is 0 Å². The fourth-order valence-corrected chi connectivity index (χ4v) is 2.74. The zero-order valence-electron chi connectivity index (χ0n) is 10.9. The summed E-state index contributed by atoms with van der Waals surface area (Å²) in [4.78, 5) is 0.266. The van der Waals surface area contributed by atoms with Crippen LogP contribution in [0, 0.1) is 0 Å². The standard InChI is InChI=1S/C13H19NO4S/c1-19(16,17)12-4-2-10(3-5-12)13(15)8-11-9-18-7-6-14-11/h2-5,11,13-15H,6-9H2,1H3. The van der Waals surface area contributed by atoms with Gasteiger partial charge in [-0.05, 0) is 24.1 Å². The van der Waals surface area contributed by atoms with E-state index in [2.05, 4.69) is 5.32 Å². The van der Waals surface area contributed by atoms with Crippen molar-refractivity contribution < 1.29 is 18.3 Å². The third-order valence-corrected chi connectivity index (χ3v) is 4.33. The predicted octanol–water partition coefficient (Wildman–Crippen LogP) is 0.502. The first-order valence-corrected chi connectivity index (χ1v) is 8.15. The molecule has 2 rings (SSSR count). The summed E-state index contributed by atoms with van der Waals surface area (Å²) in [6.07, 6.45) is 1.10. The van der Waals surface area contributed by atoms with Crippen LogP contribution in [0.15, 0.2) is 29.2 Å². The molecule has 1 heterocycles. The Bertz CT molecular complexity index is 506. The second kappa shape index (κ2) is 6.00. The van der Waals surface area contributed by atoms with Gasteiger partial charge in [-0.25, -0.2) is 8.42 Å². The monoisotopic (exact) mass is 285 g/mol. The van der Waals surface area contributed by atoms with E-state index in [0.29, 0.717) is 19.6 Å². The molecule has 106 valence electrons. The van der Waals surface area contributed by atoms with Crippen molar-refractivity contribution in [3.8, 4) is 0 Å². The van der Waals surface area contributed by atoms with Crippen molar-refractivity contribution in [3.63, 3.8) is 0 Å². The fraction of sp³-hybridized carbons (Fsp3) is 0.538. The van der Waals surface area contributed by atoms with E-state index in [0.717, 1.165) is 12.1 Å². The second-order valence-electron chi connectivity index (χ2n) is 4.82. The molecule has 2 N–H and O–H groups in total. The van der Waals surface area contributed by atoms with Gasteiger partial charge in [0.25, 0.3) is 0 Å². The minimum Gasteiger partial charge on any atom is -0.388 e. The topological polar surface area (TPSA) is 75.6 Å². The van der Waals surface area contributed by atoms with Gasteiger partial charge in [0, 0.05) is 18.8 Å². The summed E-state index contributed by atoms with van der Waals surface area (Å²) >= 11 is 0. The maximum atomic E-state index is 11.3. The molecule has 5 nitrogen and oxygen atoms in total. The molecular weight excluding hydrogens is 266 g/mol. The van der Waals surface area contributed by atoms with E-state index in [1.807, 2.05) is 0 Å². The number of aliphatic hydroxyl groups excluding tert-OH is 1. The van der Waals surface area contributed by atoms with Crippen LogP contribution in [0.3, 0.4) is 0 Å². The maximum Gasteiger partial charge on any atom is 0.175 e. The number of nitrogens with one attached hydrogen (secondary N) is 1. The second-order valence-corrected chi connectivity index (χ2v) is 6.83. The molecule has 0 saturated carbocycles. The molecule has 19 heavy (non-hydrogen) atoms. The number of ether oxygens (including phenoxy) is 1. The smallest absolute Gasteiger partial charge is 0.175 e. The lowest BCUT2D eigenvalue weighted by Gasteiger charge is -2.26. The molecule has 0 aromatic heterocycles. The Morgan fingerprint density at radius 2 is 2.11 bits per heavy atom. The molecule has 1 aliphatic rings. The molecular formula is C13H19NO4S. The van der Waals surface area contributed by atoms with E-state index in [9.17, 15) is 13.5 Å². The summed E-state index contributed by atoms with van der Waals surface area (Å²) in [5.74, 6) is 0. The zero-order chi connectivity index (χ0) is 13.9. The van der Waals surface area contributed by atoms with Crippen LogP contribution >= 0.6 is 0 Å². The lowest BCUT2D eigenvalue weighted by Crippen LogP contribution is -2.42. The Labute approximate surface area is 113 Å². The van der Waals surface area contributed by atoms with E-state index < -0.39 is 15.9 Å². The van der Waals surface area contributed by atoms with Crippen LogP contribution in [0.5, 0.6) is 0 Å². The van der Waals surface area contributed by atoms with Gasteiger partial charge in [-0.15, -0.1) is 0 Å². The normalized spacial score (nSPS) is 22.1. The summed E-state index contributed by atoms with van der Waals surface area (Å²) in [5.41, 5.74) is 0.722. The molecule has 1 fully saturated rings. The molecule has 1 aliphatic heterocycles. The number of benzene rings is 1. The Kier molecular flexibility index (Phi) is 4.57. The number of morpholine rings is 1. The highest BCUT2D eigenvalue weighted by atomic mass is 32.2. The van der Waals surface area contributed by atoms with Gasteiger partial charge >= 0.3 is 0 Å². The Hall–Kier alpha value is -0.950. The van der Waals surface area contributed by atoms with E-state index in [1.165, 1.54) is 18.4 Å². The third kappa shape index (κ3) is 4.01. The maximum absolute atomic E-state index is 11.3. The van der Waals surface area contributed by atoms with Crippen LogP contribution in [0.25, 0.3) is 0 Å². The number of aliphatic hydroxyl groups is 1. The largest absolute Gasteiger partial charge is 0.388 e. The summed E-state index contributed by atoms with van der Waals surface area (Å²) < 4.78 is 28.0. The number of hydrogen-bond acceptors (Lipinski definition) is 5. The molecule has 2 unspecified atom stereocenters. The van der Waals surface area contributed by atoms with Crippen molar-refractivity contribution >= 4 is 9.84 Å². The Balaban J connectivity index is 2.01. The van der Waals surface area contributed by atoms with Crippen LogP contribution in [0.2, 0.25) is 0 Å². The van der Waals surface area contributed by atoms with Gasteiger partial charge in [-0.2, -0.15) is 0 Å². The van der Waals surface area contributed by atoms with E-state index in [1.54, 1.807) is 12.1 Å². The summed E-state index contributed by atoms with van der Waals surface area (Å²) in [6, 6.07) is 6.51. The zero-order valence-corrected chi connectivity index (χ0v) is 11.7. The predicted molar refractivity (Wildman–Crippen MR) is 71.7 cm³/mol. The summed E-state index contributed by atoms with van der Waals surface area (Å²) in [6.45, 7) is 2.10. The third-order valence-electron chi connectivity index (χ3n) is 3.20. The molecule has 0 bridgehead atoms. The summed E-state index contributed by atoms with van der Waals surface area (Å²) in [7, 11) is -3.19. The minimum absolute atomic E-state index is 0.137. The lowest BCUT2D eigenvalue weighted by atomic mass is 10.0. The average Bonchev–Trinajstić information content (AvgIpc) is 2.39. The van der Waals surface area contributed by atoms with Crippen LogP contribution in [0.1, 0.15) is 18.1 Å². The average molecular weight is 285 g/mol. The van der Waals surface area contributed by atoms with Gasteiger partial charge in [0.1, 0.15) is 0 Å². The van der Waals surface area contributed by atoms with Crippen molar-refractivity contribution in [1.29, 1.82) is 0 Å². The van der Waals surface area contributed by atoms with Crippen molar-refractivity contribution in [3.05, 3.63) is 29.8 Å². The van der Waals surface area contributed by atoms with Crippen LogP contribution in [-0.4, -0.2) is 45.6 Å². The number of hydrogen-bond donors (Lipinski definition) is 2. The molecule has 1 saturated heterocycles. The highest BCUT2D eigenvalue weighted by Crippen LogP contribution is 2.21. The minimum atomic E-state index is -3.19. The molecule has 0 spiro atoms. The Morgan fingerprint density at radius 1 is 1.42 bits per heavy atom. The first-order chi connectivity index (χ1) is 8.97. The molecule has 0 aliphatic carbocycles. The van der Waals surface area contributed by atoms with Crippen LogP contribution < -0.4 is 5.32 Å². The lowest BCUT2D eigenvalue weighted by molar-refractivity contribution is 0.0519. The molecule has 6 heteroatoms. The van der Waals surface area contributed by atoms with E-state index in [4.69, 9.17) is 4.74 Å². The highest BCUT2D eigenvalue weighted by Gasteiger charge is 2.18. The van der Waals surface area contributed by atoms with Crippen molar-refractivity contribution in [2.45, 2.75) is 23.5 Å². The van der Waals surface area contributed by atoms with E-state index >= 15 is 0 Å². The fourth-order valence-electron chi connectivity index (χ4n) is 2.11. The van der Waals surface area contributed by atoms with Crippen molar-refractivity contribution in [2.75, 3.05) is 26.0 Å². The highest BCUT2D eigenvalue weighted by molar-refractivity contribution is 7.90. The molecule has 0 amide bonds. The van der Waals surface area contributed by atoms with E-state index in [-0.39, 0.29) is 10.9 Å². The molecule has 0 radical (unpaired) electrons. The van der Waals surface area contributed by atoms with Gasteiger partial charge in [0.05, 0.1) is 24.2 Å². The van der Waals surface area contributed by atoms with Crippen LogP contribution in [-0.2, 0) is 14.6 Å². The van der Waals surface area contributed by atoms with Gasteiger partial charge in [-0.3, -0.25) is 0 Å². The molecule has 1 aromatic carbocycles. The van der Waals surface area contributed by atoms with Gasteiger partial charge in [-0.1, -0.05) is 12.1 Å². The summed E-state index contributed by atoms with van der Waals surface area (Å²) in [5, 5.41) is 13.4. The van der Waals surface area contributed by atoms with Gasteiger partial charge in [0.2, 0.25) is 0 Å². The number of sulfone groups is 1. The van der Waals surface area contributed by atoms with Crippen molar-refractivity contribution in [1.82, 2.24) is 5.32 Å².